The normalized spacial score (nSPS) is 29.8. The molecule has 1 aliphatic rings. The Kier molecular flexibility index (Phi) is 14.9. The predicted molar refractivity (Wildman–Crippen MR) is 113 cm³/mol. The third kappa shape index (κ3) is 16.3. The van der Waals surface area contributed by atoms with Crippen LogP contribution in [-0.4, -0.2) is 0 Å². The van der Waals surface area contributed by atoms with Gasteiger partial charge in [0.2, 0.25) is 0 Å². The zero-order chi connectivity index (χ0) is 17.7. The fraction of sp³-hybridized carbons (Fsp3) is 0.280. The van der Waals surface area contributed by atoms with Gasteiger partial charge in [0.25, 0.3) is 0 Å². The lowest BCUT2D eigenvalue weighted by atomic mass is 10.1. The second-order valence-corrected chi connectivity index (χ2v) is 5.80. The highest BCUT2D eigenvalue weighted by atomic mass is 13.9. The molecule has 0 saturated carbocycles. The van der Waals surface area contributed by atoms with Crippen molar-refractivity contribution in [2.45, 2.75) is 44.9 Å². The van der Waals surface area contributed by atoms with Crippen molar-refractivity contribution >= 4 is 0 Å². The van der Waals surface area contributed by atoms with Crippen molar-refractivity contribution in [3.05, 3.63) is 109 Å². The summed E-state index contributed by atoms with van der Waals surface area (Å²) in [6.45, 7) is 0. The first-order valence-electron chi connectivity index (χ1n) is 9.38. The molecule has 0 aromatic carbocycles. The Labute approximate surface area is 154 Å². The molecule has 0 spiro atoms. The van der Waals surface area contributed by atoms with Crippen molar-refractivity contribution in [2.75, 3.05) is 0 Å². The van der Waals surface area contributed by atoms with Crippen molar-refractivity contribution in [1.82, 2.24) is 0 Å². The van der Waals surface area contributed by atoms with Crippen LogP contribution >= 0.6 is 0 Å². The van der Waals surface area contributed by atoms with Gasteiger partial charge in [-0.25, -0.2) is 0 Å². The van der Waals surface area contributed by atoms with E-state index in [-0.39, 0.29) is 0 Å². The lowest BCUT2D eigenvalue weighted by Crippen LogP contribution is -1.78. The maximum atomic E-state index is 3.33. The van der Waals surface area contributed by atoms with Crippen molar-refractivity contribution < 1.29 is 0 Å². The molecule has 0 atom stereocenters. The number of allylic oxidation sites excluding steroid dienone is 18. The van der Waals surface area contributed by atoms with Crippen LogP contribution in [0.3, 0.4) is 0 Å². The fourth-order valence-corrected chi connectivity index (χ4v) is 2.24. The van der Waals surface area contributed by atoms with Gasteiger partial charge in [0.05, 0.1) is 0 Å². The van der Waals surface area contributed by atoms with E-state index < -0.39 is 0 Å². The van der Waals surface area contributed by atoms with Crippen molar-refractivity contribution in [3.63, 3.8) is 0 Å². The van der Waals surface area contributed by atoms with Gasteiger partial charge in [0.15, 0.2) is 0 Å². The van der Waals surface area contributed by atoms with Gasteiger partial charge in [-0.3, -0.25) is 0 Å². The molecule has 131 valence electrons. The molecule has 0 aromatic rings. The van der Waals surface area contributed by atoms with Gasteiger partial charge in [0.1, 0.15) is 0 Å². The van der Waals surface area contributed by atoms with Crippen molar-refractivity contribution in [1.29, 1.82) is 0 Å². The maximum absolute atomic E-state index is 3.33. The highest BCUT2D eigenvalue weighted by Crippen LogP contribution is 2.07. The molecule has 0 fully saturated rings. The molecule has 0 nitrogen and oxygen atoms in total. The summed E-state index contributed by atoms with van der Waals surface area (Å²) in [7, 11) is 0. The van der Waals surface area contributed by atoms with Gasteiger partial charge < -0.3 is 0 Å². The van der Waals surface area contributed by atoms with E-state index in [0.29, 0.717) is 0 Å². The Morgan fingerprint density at radius 2 is 0.840 bits per heavy atom. The lowest BCUT2D eigenvalue weighted by Gasteiger charge is -1.97. The Morgan fingerprint density at radius 3 is 1.44 bits per heavy atom. The molecule has 0 aromatic heterocycles. The molecular formula is C25H31. The molecule has 0 heteroatoms. The molecule has 1 radical (unpaired) electrons. The third-order valence-electron chi connectivity index (χ3n) is 3.60. The minimum absolute atomic E-state index is 1.06. The second kappa shape index (κ2) is 18.0. The zero-order valence-electron chi connectivity index (χ0n) is 15.3. The van der Waals surface area contributed by atoms with Crippen LogP contribution in [-0.2, 0) is 0 Å². The Morgan fingerprint density at radius 1 is 0.400 bits per heavy atom. The van der Waals surface area contributed by atoms with E-state index >= 15 is 0 Å². The summed E-state index contributed by atoms with van der Waals surface area (Å²) in [5.74, 6) is 0. The van der Waals surface area contributed by atoms with Gasteiger partial charge in [0, 0.05) is 0 Å². The second-order valence-electron chi connectivity index (χ2n) is 5.80. The molecular weight excluding hydrogens is 300 g/mol. The Bertz CT molecular complexity index is 507. The topological polar surface area (TPSA) is 0 Å². The monoisotopic (exact) mass is 331 g/mol. The van der Waals surface area contributed by atoms with E-state index in [4.69, 9.17) is 0 Å². The minimum Gasteiger partial charge on any atom is -0.0845 e. The predicted octanol–water partition coefficient (Wildman–Crippen LogP) is 7.54. The first-order valence-corrected chi connectivity index (χ1v) is 9.38. The number of rotatable bonds is 0. The standard InChI is InChI=1S/C25H31/c1-2-4-6-8-10-12-14-16-18-20-22-24-25-23-21-19-17-15-13-11-9-7-5-3-1/h1-17H,18,20-25H2/b3-1+,4-2-,7-5-,8-6+,11-9-,12-10+,15-13+,16-14-,19-17?. The van der Waals surface area contributed by atoms with Crippen LogP contribution in [0.15, 0.2) is 103 Å². The third-order valence-corrected chi connectivity index (χ3v) is 3.60. The van der Waals surface area contributed by atoms with Crippen molar-refractivity contribution in [2.24, 2.45) is 0 Å². The largest absolute Gasteiger partial charge is 0.0845 e. The maximum Gasteiger partial charge on any atom is -0.0276 e. The van der Waals surface area contributed by atoms with E-state index in [0.717, 1.165) is 6.42 Å². The van der Waals surface area contributed by atoms with Crippen LogP contribution in [0.4, 0.5) is 0 Å². The zero-order valence-corrected chi connectivity index (χ0v) is 15.3. The number of hydrogen-bond acceptors (Lipinski definition) is 0. The molecule has 0 unspecified atom stereocenters. The average Bonchev–Trinajstić information content (AvgIpc) is 2.62. The molecule has 0 N–H and O–H groups in total. The SMILES string of the molecule is [C]1=C/C=C/C=C\C=C/C=C/C=C\C=C\C=C\C=C/CCCCCCC/1. The summed E-state index contributed by atoms with van der Waals surface area (Å²) in [6, 6.07) is 0. The summed E-state index contributed by atoms with van der Waals surface area (Å²) in [5.41, 5.74) is 0. The smallest absolute Gasteiger partial charge is 0.0276 e. The number of hydrogen-bond donors (Lipinski definition) is 0. The summed E-state index contributed by atoms with van der Waals surface area (Å²) in [4.78, 5) is 0. The quantitative estimate of drug-likeness (QED) is 0.430. The first kappa shape index (κ1) is 20.7. The lowest BCUT2D eigenvalue weighted by molar-refractivity contribution is 0.619. The van der Waals surface area contributed by atoms with Crippen LogP contribution in [0.1, 0.15) is 44.9 Å². The van der Waals surface area contributed by atoms with E-state index in [1.807, 2.05) is 79.0 Å². The van der Waals surface area contributed by atoms with E-state index in [9.17, 15) is 0 Å². The molecule has 0 saturated heterocycles. The van der Waals surface area contributed by atoms with Crippen LogP contribution in [0.25, 0.3) is 0 Å². The summed E-state index contributed by atoms with van der Waals surface area (Å²) in [5, 5.41) is 0. The first-order chi connectivity index (χ1) is 12.5. The van der Waals surface area contributed by atoms with Crippen LogP contribution in [0, 0.1) is 6.08 Å². The van der Waals surface area contributed by atoms with Gasteiger partial charge in [-0.1, -0.05) is 123 Å². The van der Waals surface area contributed by atoms with Gasteiger partial charge in [-0.2, -0.15) is 0 Å². The van der Waals surface area contributed by atoms with Gasteiger partial charge in [-0.05, 0) is 31.8 Å². The van der Waals surface area contributed by atoms with Crippen LogP contribution in [0.5, 0.6) is 0 Å². The van der Waals surface area contributed by atoms with Gasteiger partial charge >= 0.3 is 0 Å². The highest BCUT2D eigenvalue weighted by molar-refractivity contribution is 5.21. The van der Waals surface area contributed by atoms with Gasteiger partial charge in [-0.15, -0.1) is 0 Å². The molecule has 1 aliphatic carbocycles. The minimum atomic E-state index is 1.06. The van der Waals surface area contributed by atoms with E-state index in [1.54, 1.807) is 0 Å². The molecule has 1 rings (SSSR count). The average molecular weight is 332 g/mol. The summed E-state index contributed by atoms with van der Waals surface area (Å²) >= 11 is 0. The molecule has 0 bridgehead atoms. The van der Waals surface area contributed by atoms with Crippen LogP contribution < -0.4 is 0 Å². The molecule has 0 amide bonds. The summed E-state index contributed by atoms with van der Waals surface area (Å²) in [6.07, 6.45) is 47.0. The Balaban J connectivity index is 2.46. The van der Waals surface area contributed by atoms with E-state index in [2.05, 4.69) is 30.4 Å². The molecule has 25 heavy (non-hydrogen) atoms. The van der Waals surface area contributed by atoms with E-state index in [1.165, 1.54) is 38.5 Å². The highest BCUT2D eigenvalue weighted by Gasteiger charge is 1.88. The fourth-order valence-electron chi connectivity index (χ4n) is 2.24. The summed E-state index contributed by atoms with van der Waals surface area (Å²) < 4.78 is 0. The van der Waals surface area contributed by atoms with Crippen LogP contribution in [0.2, 0.25) is 0 Å². The molecule has 0 aliphatic heterocycles. The van der Waals surface area contributed by atoms with Crippen molar-refractivity contribution in [3.8, 4) is 0 Å². The Hall–Kier alpha value is -2.34. The molecule has 0 heterocycles.